The largest absolute Gasteiger partial charge is 0.508 e. The zero-order valence-electron chi connectivity index (χ0n) is 23.5. The fraction of sp³-hybridized carbons (Fsp3) is 0.469. The van der Waals surface area contributed by atoms with E-state index in [9.17, 15) is 14.6 Å². The summed E-state index contributed by atoms with van der Waals surface area (Å²) < 4.78 is 37.3. The molecule has 3 aliphatic heterocycles. The number of rotatable bonds is 5. The number of aliphatic hydroxyl groups is 1. The highest BCUT2D eigenvalue weighted by molar-refractivity contribution is 6.31. The summed E-state index contributed by atoms with van der Waals surface area (Å²) in [6.07, 6.45) is 4.22. The summed E-state index contributed by atoms with van der Waals surface area (Å²) in [6, 6.07) is 8.29. The van der Waals surface area contributed by atoms with Crippen molar-refractivity contribution < 1.29 is 23.7 Å². The molecule has 0 amide bonds. The van der Waals surface area contributed by atoms with Crippen LogP contribution in [-0.2, 0) is 0 Å². The zero-order valence-corrected chi connectivity index (χ0v) is 24.3. The highest BCUT2D eigenvalue weighted by Gasteiger charge is 2.49. The van der Waals surface area contributed by atoms with Crippen LogP contribution in [0.25, 0.3) is 32.9 Å². The van der Waals surface area contributed by atoms with E-state index in [4.69, 9.17) is 21.3 Å². The normalized spacial score (nSPS) is 28.7. The first-order valence-electron chi connectivity index (χ1n) is 15.0. The number of fused-ring (bicyclic) bond motifs is 5. The third-order valence-electron chi connectivity index (χ3n) is 10.0. The molecule has 43 heavy (non-hydrogen) atoms. The summed E-state index contributed by atoms with van der Waals surface area (Å²) in [5, 5.41) is 23.3. The Balaban J connectivity index is 1.25. The Morgan fingerprint density at radius 1 is 1.09 bits per heavy atom. The molecule has 2 aromatic heterocycles. The lowest BCUT2D eigenvalue weighted by molar-refractivity contribution is 0.107. The van der Waals surface area contributed by atoms with Crippen molar-refractivity contribution in [3.05, 3.63) is 47.4 Å². The molecule has 11 heteroatoms. The van der Waals surface area contributed by atoms with Gasteiger partial charge < -0.3 is 19.8 Å². The molecule has 1 saturated carbocycles. The van der Waals surface area contributed by atoms with Crippen LogP contribution in [-0.4, -0.2) is 80.7 Å². The van der Waals surface area contributed by atoms with Gasteiger partial charge >= 0.3 is 6.01 Å². The molecule has 4 aliphatic rings. The van der Waals surface area contributed by atoms with Gasteiger partial charge in [0.1, 0.15) is 35.6 Å². The average Bonchev–Trinajstić information content (AvgIpc) is 3.59. The van der Waals surface area contributed by atoms with E-state index in [1.807, 2.05) is 0 Å². The van der Waals surface area contributed by atoms with Crippen LogP contribution in [0.2, 0.25) is 5.02 Å². The minimum atomic E-state index is -0.898. The Morgan fingerprint density at radius 2 is 1.98 bits per heavy atom. The van der Waals surface area contributed by atoms with Gasteiger partial charge in [-0.1, -0.05) is 17.7 Å². The predicted molar refractivity (Wildman–Crippen MR) is 160 cm³/mol. The van der Waals surface area contributed by atoms with Gasteiger partial charge in [0.25, 0.3) is 0 Å². The van der Waals surface area contributed by atoms with Crippen molar-refractivity contribution in [1.29, 1.82) is 0 Å². The number of alkyl halides is 1. The van der Waals surface area contributed by atoms with E-state index in [0.29, 0.717) is 64.5 Å². The number of hydrogen-bond donors (Lipinski definition) is 2. The quantitative estimate of drug-likeness (QED) is 0.307. The Bertz CT molecular complexity index is 1750. The molecule has 224 valence electrons. The van der Waals surface area contributed by atoms with E-state index in [1.165, 1.54) is 6.07 Å². The molecular formula is C32H32ClF2N5O3. The molecule has 0 radical (unpaired) electrons. The number of ether oxygens (including phenoxy) is 1. The first-order valence-corrected chi connectivity index (χ1v) is 15.4. The van der Waals surface area contributed by atoms with Gasteiger partial charge in [-0.25, -0.2) is 8.78 Å². The standard InChI is InChI=1S/C32H32ClF2N5O3/c33-20-2-3-23-18(8-20)9-22(41)10-24(23)28-27(35)29-25(12-36-28)30(39-13-17-6-19(14-39)26(42)7-17)38-31(37-29)43-16-32-4-1-5-40(32)15-21(34)11-32/h2-3,8-10,12,17,19,21,26,41-42H,1,4-7,11,13-16H2/t17?,19?,21-,26?,32+/m1/s1. The summed E-state index contributed by atoms with van der Waals surface area (Å²) in [4.78, 5) is 18.2. The fourth-order valence-corrected chi connectivity index (χ4v) is 8.27. The number of aliphatic hydroxyl groups excluding tert-OH is 1. The Morgan fingerprint density at radius 3 is 2.84 bits per heavy atom. The van der Waals surface area contributed by atoms with E-state index in [2.05, 4.69) is 19.8 Å². The van der Waals surface area contributed by atoms with Crippen LogP contribution in [0.1, 0.15) is 32.1 Å². The number of phenolic OH excluding ortho intramolecular Hbond substituents is 1. The predicted octanol–water partition coefficient (Wildman–Crippen LogP) is 5.51. The third kappa shape index (κ3) is 4.57. The van der Waals surface area contributed by atoms with Crippen LogP contribution >= 0.6 is 11.6 Å². The highest BCUT2D eigenvalue weighted by atomic mass is 35.5. The van der Waals surface area contributed by atoms with Gasteiger partial charge in [-0.05, 0) is 73.2 Å². The molecule has 3 saturated heterocycles. The Kier molecular flexibility index (Phi) is 6.40. The molecule has 4 fully saturated rings. The second kappa shape index (κ2) is 10.1. The average molecular weight is 608 g/mol. The van der Waals surface area contributed by atoms with Crippen LogP contribution in [0.4, 0.5) is 14.6 Å². The first kappa shape index (κ1) is 27.2. The van der Waals surface area contributed by atoms with Crippen LogP contribution < -0.4 is 9.64 Å². The molecule has 2 bridgehead atoms. The van der Waals surface area contributed by atoms with E-state index in [1.54, 1.807) is 30.5 Å². The van der Waals surface area contributed by atoms with E-state index in [0.717, 1.165) is 32.2 Å². The maximum Gasteiger partial charge on any atom is 0.319 e. The maximum absolute atomic E-state index is 16.6. The van der Waals surface area contributed by atoms with Gasteiger partial charge in [-0.3, -0.25) is 9.88 Å². The first-order chi connectivity index (χ1) is 20.8. The van der Waals surface area contributed by atoms with Gasteiger partial charge in [0.05, 0.1) is 17.0 Å². The molecule has 8 rings (SSSR count). The second-order valence-corrected chi connectivity index (χ2v) is 13.2. The van der Waals surface area contributed by atoms with Crippen molar-refractivity contribution in [2.75, 3.05) is 37.7 Å². The van der Waals surface area contributed by atoms with Crippen molar-refractivity contribution in [3.8, 4) is 23.0 Å². The Labute approximate surface area is 252 Å². The third-order valence-corrected chi connectivity index (χ3v) is 10.3. The van der Waals surface area contributed by atoms with E-state index >= 15 is 4.39 Å². The molecule has 2 N–H and O–H groups in total. The number of benzene rings is 2. The summed E-state index contributed by atoms with van der Waals surface area (Å²) in [6.45, 7) is 2.73. The number of pyridine rings is 1. The van der Waals surface area contributed by atoms with Crippen molar-refractivity contribution in [3.63, 3.8) is 0 Å². The number of phenols is 1. The number of anilines is 1. The summed E-state index contributed by atoms with van der Waals surface area (Å²) >= 11 is 6.19. The molecule has 0 spiro atoms. The molecule has 5 atom stereocenters. The molecule has 1 aliphatic carbocycles. The molecule has 2 aromatic carbocycles. The van der Waals surface area contributed by atoms with Gasteiger partial charge in [-0.15, -0.1) is 0 Å². The Hall–Kier alpha value is -3.34. The minimum Gasteiger partial charge on any atom is -0.508 e. The van der Waals surface area contributed by atoms with Crippen molar-refractivity contribution in [2.24, 2.45) is 11.8 Å². The van der Waals surface area contributed by atoms with Crippen LogP contribution in [0, 0.1) is 17.7 Å². The van der Waals surface area contributed by atoms with E-state index < -0.39 is 17.5 Å². The van der Waals surface area contributed by atoms with Crippen LogP contribution in [0.5, 0.6) is 11.8 Å². The zero-order chi connectivity index (χ0) is 29.5. The van der Waals surface area contributed by atoms with Crippen LogP contribution in [0.15, 0.2) is 36.5 Å². The van der Waals surface area contributed by atoms with E-state index in [-0.39, 0.29) is 41.6 Å². The fourth-order valence-electron chi connectivity index (χ4n) is 8.09. The van der Waals surface area contributed by atoms with Crippen molar-refractivity contribution >= 4 is 39.1 Å². The lowest BCUT2D eigenvalue weighted by Gasteiger charge is -2.34. The number of hydrogen-bond acceptors (Lipinski definition) is 8. The maximum atomic E-state index is 16.6. The topological polar surface area (TPSA) is 94.8 Å². The minimum absolute atomic E-state index is 0.0353. The molecule has 5 heterocycles. The highest BCUT2D eigenvalue weighted by Crippen LogP contribution is 2.43. The number of piperidine rings is 1. The molecular weight excluding hydrogens is 576 g/mol. The smallest absolute Gasteiger partial charge is 0.319 e. The van der Waals surface area contributed by atoms with Gasteiger partial charge in [0.2, 0.25) is 0 Å². The monoisotopic (exact) mass is 607 g/mol. The number of aromatic hydroxyl groups is 1. The van der Waals surface area contributed by atoms with Gasteiger partial charge in [0.15, 0.2) is 5.82 Å². The summed E-state index contributed by atoms with van der Waals surface area (Å²) in [5.74, 6) is 0.255. The van der Waals surface area contributed by atoms with Crippen LogP contribution in [0.3, 0.4) is 0 Å². The summed E-state index contributed by atoms with van der Waals surface area (Å²) in [5.41, 5.74) is 0.102. The number of nitrogens with zero attached hydrogens (tertiary/aromatic N) is 5. The second-order valence-electron chi connectivity index (χ2n) is 12.8. The molecule has 4 aromatic rings. The lowest BCUT2D eigenvalue weighted by atomic mass is 9.95. The number of aromatic nitrogens is 3. The van der Waals surface area contributed by atoms with Crippen molar-refractivity contribution in [1.82, 2.24) is 19.9 Å². The molecule has 8 nitrogen and oxygen atoms in total. The SMILES string of the molecule is Oc1cc(-c2ncc3c(N4CC5CC(O)C(C5)C4)nc(OC[C@@]45CCCN4C[C@H](F)C5)nc3c2F)c2ccc(Cl)cc2c1. The van der Waals surface area contributed by atoms with Gasteiger partial charge in [-0.2, -0.15) is 9.97 Å². The van der Waals surface area contributed by atoms with Crippen molar-refractivity contribution in [2.45, 2.75) is 49.9 Å². The number of halogens is 3. The summed E-state index contributed by atoms with van der Waals surface area (Å²) in [7, 11) is 0. The molecule has 3 unspecified atom stereocenters. The lowest BCUT2D eigenvalue weighted by Crippen LogP contribution is -2.43. The van der Waals surface area contributed by atoms with Gasteiger partial charge in [0, 0.05) is 48.8 Å².